The first-order valence-corrected chi connectivity index (χ1v) is 8.12. The lowest BCUT2D eigenvalue weighted by Crippen LogP contribution is -2.49. The van der Waals surface area contributed by atoms with Gasteiger partial charge in [-0.2, -0.15) is 5.10 Å². The topological polar surface area (TPSA) is 82.4 Å². The van der Waals surface area contributed by atoms with E-state index in [0.717, 1.165) is 29.8 Å². The van der Waals surface area contributed by atoms with Crippen molar-refractivity contribution in [1.29, 1.82) is 0 Å². The SMILES string of the molecule is CCc1nn(C)c(CC)c1CNC(=O)NCC(C)(O)CN(C)C. The summed E-state index contributed by atoms with van der Waals surface area (Å²) in [6, 6.07) is -0.281. The first-order chi connectivity index (χ1) is 10.7. The molecule has 0 radical (unpaired) electrons. The lowest BCUT2D eigenvalue weighted by molar-refractivity contribution is 0.0360. The first-order valence-electron chi connectivity index (χ1n) is 8.12. The molecule has 0 saturated carbocycles. The van der Waals surface area contributed by atoms with Gasteiger partial charge >= 0.3 is 6.03 Å². The Kier molecular flexibility index (Phi) is 7.02. The molecule has 7 heteroatoms. The molecular weight excluding hydrogens is 294 g/mol. The third kappa shape index (κ3) is 5.84. The van der Waals surface area contributed by atoms with E-state index in [2.05, 4.69) is 29.6 Å². The lowest BCUT2D eigenvalue weighted by Gasteiger charge is -2.27. The molecular formula is C16H31N5O2. The zero-order valence-corrected chi connectivity index (χ0v) is 15.2. The van der Waals surface area contributed by atoms with Crippen LogP contribution >= 0.6 is 0 Å². The van der Waals surface area contributed by atoms with Gasteiger partial charge in [0, 0.05) is 37.9 Å². The summed E-state index contributed by atoms with van der Waals surface area (Å²) < 4.78 is 1.88. The van der Waals surface area contributed by atoms with E-state index in [1.165, 1.54) is 0 Å². The van der Waals surface area contributed by atoms with Crippen LogP contribution in [0.25, 0.3) is 0 Å². The maximum absolute atomic E-state index is 12.0. The number of carbonyl (C=O) groups is 1. The number of nitrogens with one attached hydrogen (secondary N) is 2. The molecule has 0 aliphatic rings. The summed E-state index contributed by atoms with van der Waals surface area (Å²) in [5, 5.41) is 20.3. The highest BCUT2D eigenvalue weighted by Crippen LogP contribution is 2.15. The molecule has 0 aliphatic heterocycles. The number of aliphatic hydroxyl groups is 1. The standard InChI is InChI=1S/C16H31N5O2/c1-7-13-12(14(8-2)21(6)19-13)9-17-15(22)18-10-16(3,23)11-20(4)5/h23H,7-11H2,1-6H3,(H2,17,18,22). The van der Waals surface area contributed by atoms with E-state index < -0.39 is 5.60 Å². The van der Waals surface area contributed by atoms with Gasteiger partial charge in [0.05, 0.1) is 11.3 Å². The monoisotopic (exact) mass is 325 g/mol. The highest BCUT2D eigenvalue weighted by Gasteiger charge is 2.22. The summed E-state index contributed by atoms with van der Waals surface area (Å²) in [5.41, 5.74) is 2.29. The van der Waals surface area contributed by atoms with Crippen LogP contribution in [0.15, 0.2) is 0 Å². The number of aryl methyl sites for hydroxylation is 2. The zero-order chi connectivity index (χ0) is 17.6. The smallest absolute Gasteiger partial charge is 0.315 e. The fourth-order valence-electron chi connectivity index (χ4n) is 2.83. The number of urea groups is 1. The van der Waals surface area contributed by atoms with Crippen molar-refractivity contribution in [2.45, 2.75) is 45.8 Å². The molecule has 132 valence electrons. The van der Waals surface area contributed by atoms with Gasteiger partial charge in [0.1, 0.15) is 0 Å². The van der Waals surface area contributed by atoms with Crippen LogP contribution in [-0.4, -0.2) is 58.6 Å². The molecule has 3 N–H and O–H groups in total. The highest BCUT2D eigenvalue weighted by atomic mass is 16.3. The third-order valence-corrected chi connectivity index (χ3v) is 3.74. The van der Waals surface area contributed by atoms with Gasteiger partial charge in [-0.3, -0.25) is 4.68 Å². The van der Waals surface area contributed by atoms with Crippen molar-refractivity contribution in [3.63, 3.8) is 0 Å². The van der Waals surface area contributed by atoms with Gasteiger partial charge in [-0.25, -0.2) is 4.79 Å². The van der Waals surface area contributed by atoms with Crippen molar-refractivity contribution in [3.8, 4) is 0 Å². The molecule has 0 saturated heterocycles. The van der Waals surface area contributed by atoms with Crippen molar-refractivity contribution in [2.75, 3.05) is 27.2 Å². The first kappa shape index (κ1) is 19.4. The number of hydrogen-bond acceptors (Lipinski definition) is 4. The summed E-state index contributed by atoms with van der Waals surface area (Å²) in [7, 11) is 5.70. The summed E-state index contributed by atoms with van der Waals surface area (Å²) in [6.07, 6.45) is 1.71. The van der Waals surface area contributed by atoms with Gasteiger partial charge in [0.2, 0.25) is 0 Å². The average Bonchev–Trinajstić information content (AvgIpc) is 2.76. The minimum atomic E-state index is -0.960. The van der Waals surface area contributed by atoms with Crippen molar-refractivity contribution in [2.24, 2.45) is 7.05 Å². The van der Waals surface area contributed by atoms with Crippen molar-refractivity contribution in [1.82, 2.24) is 25.3 Å². The fourth-order valence-corrected chi connectivity index (χ4v) is 2.83. The lowest BCUT2D eigenvalue weighted by atomic mass is 10.1. The van der Waals surface area contributed by atoms with E-state index in [1.807, 2.05) is 30.7 Å². The number of aromatic nitrogens is 2. The molecule has 0 bridgehead atoms. The van der Waals surface area contributed by atoms with Crippen molar-refractivity contribution < 1.29 is 9.90 Å². The molecule has 0 aliphatic carbocycles. The van der Waals surface area contributed by atoms with Gasteiger partial charge in [0.15, 0.2) is 0 Å². The van der Waals surface area contributed by atoms with E-state index in [9.17, 15) is 9.90 Å². The summed E-state index contributed by atoms with van der Waals surface area (Å²) in [5.74, 6) is 0. The highest BCUT2D eigenvalue weighted by molar-refractivity contribution is 5.74. The molecule has 1 aromatic heterocycles. The molecule has 7 nitrogen and oxygen atoms in total. The predicted molar refractivity (Wildman–Crippen MR) is 91.4 cm³/mol. The molecule has 23 heavy (non-hydrogen) atoms. The Morgan fingerprint density at radius 3 is 2.48 bits per heavy atom. The predicted octanol–water partition coefficient (Wildman–Crippen LogP) is 0.657. The Morgan fingerprint density at radius 1 is 1.30 bits per heavy atom. The van der Waals surface area contributed by atoms with Crippen LogP contribution in [0.5, 0.6) is 0 Å². The molecule has 0 spiro atoms. The maximum atomic E-state index is 12.0. The van der Waals surface area contributed by atoms with Gasteiger partial charge in [-0.15, -0.1) is 0 Å². The third-order valence-electron chi connectivity index (χ3n) is 3.74. The van der Waals surface area contributed by atoms with E-state index in [0.29, 0.717) is 13.1 Å². The largest absolute Gasteiger partial charge is 0.387 e. The number of amides is 2. The molecule has 1 unspecified atom stereocenters. The summed E-state index contributed by atoms with van der Waals surface area (Å²) in [4.78, 5) is 13.9. The van der Waals surface area contributed by atoms with Crippen LogP contribution in [0, 0.1) is 0 Å². The van der Waals surface area contributed by atoms with E-state index in [-0.39, 0.29) is 12.6 Å². The van der Waals surface area contributed by atoms with Crippen LogP contribution in [0.1, 0.15) is 37.7 Å². The molecule has 0 fully saturated rings. The minimum absolute atomic E-state index is 0.200. The number of hydrogen-bond donors (Lipinski definition) is 3. The molecule has 2 amide bonds. The number of carbonyl (C=O) groups excluding carboxylic acids is 1. The Labute approximate surface area is 139 Å². The van der Waals surface area contributed by atoms with Crippen LogP contribution in [-0.2, 0) is 26.4 Å². The number of nitrogens with zero attached hydrogens (tertiary/aromatic N) is 3. The van der Waals surface area contributed by atoms with Crippen LogP contribution in [0.2, 0.25) is 0 Å². The van der Waals surface area contributed by atoms with Crippen LogP contribution in [0.3, 0.4) is 0 Å². The van der Waals surface area contributed by atoms with Gasteiger partial charge < -0.3 is 20.6 Å². The minimum Gasteiger partial charge on any atom is -0.387 e. The Balaban J connectivity index is 2.57. The van der Waals surface area contributed by atoms with Gasteiger partial charge in [-0.1, -0.05) is 13.8 Å². The molecule has 1 heterocycles. The van der Waals surface area contributed by atoms with E-state index in [1.54, 1.807) is 6.92 Å². The quantitative estimate of drug-likeness (QED) is 0.656. The maximum Gasteiger partial charge on any atom is 0.315 e. The summed E-state index contributed by atoms with van der Waals surface area (Å²) >= 11 is 0. The molecule has 0 aromatic carbocycles. The second kappa shape index (κ2) is 8.31. The van der Waals surface area contributed by atoms with Gasteiger partial charge in [-0.05, 0) is 33.9 Å². The molecule has 1 atom stereocenters. The Hall–Kier alpha value is -1.60. The molecule has 1 aromatic rings. The second-order valence-electron chi connectivity index (χ2n) is 6.47. The Morgan fingerprint density at radius 2 is 1.96 bits per heavy atom. The second-order valence-corrected chi connectivity index (χ2v) is 6.47. The van der Waals surface area contributed by atoms with E-state index >= 15 is 0 Å². The van der Waals surface area contributed by atoms with Gasteiger partial charge in [0.25, 0.3) is 0 Å². The number of likely N-dealkylation sites (N-methyl/N-ethyl adjacent to an activating group) is 1. The van der Waals surface area contributed by atoms with E-state index in [4.69, 9.17) is 0 Å². The van der Waals surface area contributed by atoms with Crippen LogP contribution in [0.4, 0.5) is 4.79 Å². The summed E-state index contributed by atoms with van der Waals surface area (Å²) in [6.45, 7) is 6.98. The Bertz CT molecular complexity index is 523. The average molecular weight is 325 g/mol. The normalized spacial score (nSPS) is 13.9. The zero-order valence-electron chi connectivity index (χ0n) is 15.2. The van der Waals surface area contributed by atoms with Crippen molar-refractivity contribution >= 4 is 6.03 Å². The van der Waals surface area contributed by atoms with Crippen LogP contribution < -0.4 is 10.6 Å². The number of rotatable bonds is 8. The van der Waals surface area contributed by atoms with Crippen molar-refractivity contribution in [3.05, 3.63) is 17.0 Å². The fraction of sp³-hybridized carbons (Fsp3) is 0.750. The molecule has 1 rings (SSSR count).